The molecule has 5 rings (SSSR count). The van der Waals surface area contributed by atoms with Crippen molar-refractivity contribution < 1.29 is 35.5 Å². The van der Waals surface area contributed by atoms with E-state index in [-0.39, 0.29) is 16.6 Å². The van der Waals surface area contributed by atoms with Crippen LogP contribution in [0.25, 0.3) is 22.0 Å². The molecular formula is C24H17F4N7O4S. The molecule has 16 heteroatoms. The fourth-order valence-corrected chi connectivity index (χ4v) is 5.12. The highest BCUT2D eigenvalue weighted by molar-refractivity contribution is 7.92. The topological polar surface area (TPSA) is 144 Å². The Morgan fingerprint density at radius 3 is 2.55 bits per heavy atom. The number of sulfonamides is 1. The first kappa shape index (κ1) is 26.6. The number of methoxy groups -OCH3 is 1. The van der Waals surface area contributed by atoms with Crippen molar-refractivity contribution in [3.63, 3.8) is 0 Å². The summed E-state index contributed by atoms with van der Waals surface area (Å²) in [4.78, 5) is 15.4. The first-order valence-electron chi connectivity index (χ1n) is 11.2. The Morgan fingerprint density at radius 2 is 1.85 bits per heavy atom. The number of benzene rings is 2. The summed E-state index contributed by atoms with van der Waals surface area (Å²) >= 11 is 0. The van der Waals surface area contributed by atoms with Crippen LogP contribution >= 0.6 is 0 Å². The molecule has 0 atom stereocenters. The van der Waals surface area contributed by atoms with E-state index in [4.69, 9.17) is 4.74 Å². The fraction of sp³-hybridized carbons (Fsp3) is 0.0833. The molecule has 0 saturated heterocycles. The molecule has 0 bridgehead atoms. The van der Waals surface area contributed by atoms with Crippen molar-refractivity contribution in [1.82, 2.24) is 25.0 Å². The third-order valence-electron chi connectivity index (χ3n) is 5.73. The third-order valence-corrected chi connectivity index (χ3v) is 7.09. The number of pyridine rings is 1. The van der Waals surface area contributed by atoms with E-state index in [1.807, 2.05) is 4.72 Å². The minimum Gasteiger partial charge on any atom is -0.480 e. The molecule has 3 aromatic heterocycles. The Morgan fingerprint density at radius 1 is 1.07 bits per heavy atom. The molecule has 2 aromatic carbocycles. The zero-order valence-electron chi connectivity index (χ0n) is 20.5. The van der Waals surface area contributed by atoms with Gasteiger partial charge in [-0.2, -0.15) is 10.2 Å². The van der Waals surface area contributed by atoms with Gasteiger partial charge in [0.2, 0.25) is 5.88 Å². The lowest BCUT2D eigenvalue weighted by Crippen LogP contribution is -2.16. The quantitative estimate of drug-likeness (QED) is 0.249. The second-order valence-electron chi connectivity index (χ2n) is 8.33. The maximum absolute atomic E-state index is 15.5. The second kappa shape index (κ2) is 9.96. The van der Waals surface area contributed by atoms with Crippen molar-refractivity contribution in [2.75, 3.05) is 17.1 Å². The number of nitrogens with one attached hydrogen (secondary N) is 3. The van der Waals surface area contributed by atoms with Gasteiger partial charge >= 0.3 is 0 Å². The third kappa shape index (κ3) is 4.68. The molecule has 3 N–H and O–H groups in total. The summed E-state index contributed by atoms with van der Waals surface area (Å²) < 4.78 is 93.5. The van der Waals surface area contributed by atoms with Crippen molar-refractivity contribution in [3.8, 4) is 17.0 Å². The lowest BCUT2D eigenvalue weighted by atomic mass is 10.0. The molecule has 0 fully saturated rings. The van der Waals surface area contributed by atoms with Crippen LogP contribution in [0.3, 0.4) is 0 Å². The lowest BCUT2D eigenvalue weighted by Gasteiger charge is -2.14. The van der Waals surface area contributed by atoms with E-state index in [1.165, 1.54) is 23.1 Å². The van der Waals surface area contributed by atoms with Gasteiger partial charge in [0.25, 0.3) is 15.9 Å². The molecule has 5 aromatic rings. The molecule has 0 aliphatic rings. The molecule has 1 amide bonds. The summed E-state index contributed by atoms with van der Waals surface area (Å²) in [5.41, 5.74) is -2.41. The Kier molecular flexibility index (Phi) is 6.62. The Balaban J connectivity index is 1.53. The number of amides is 1. The number of aryl methyl sites for hydroxylation is 1. The van der Waals surface area contributed by atoms with Crippen LogP contribution in [0.1, 0.15) is 10.5 Å². The molecule has 0 aliphatic heterocycles. The number of nitrogens with zero attached hydrogens (tertiary/aromatic N) is 4. The molecule has 0 spiro atoms. The van der Waals surface area contributed by atoms with E-state index < -0.39 is 66.8 Å². The number of ether oxygens (including phenoxy) is 1. The highest BCUT2D eigenvalue weighted by Crippen LogP contribution is 2.36. The van der Waals surface area contributed by atoms with Gasteiger partial charge in [-0.25, -0.2) is 31.0 Å². The van der Waals surface area contributed by atoms with Crippen molar-refractivity contribution in [2.24, 2.45) is 7.05 Å². The molecule has 0 saturated carbocycles. The average molecular weight is 576 g/mol. The monoisotopic (exact) mass is 575 g/mol. The number of fused-ring (bicyclic) bond motifs is 1. The molecule has 0 unspecified atom stereocenters. The van der Waals surface area contributed by atoms with Crippen molar-refractivity contribution in [3.05, 3.63) is 77.9 Å². The summed E-state index contributed by atoms with van der Waals surface area (Å²) in [6, 6.07) is 4.35. The second-order valence-corrected chi connectivity index (χ2v) is 9.98. The molecule has 0 aliphatic carbocycles. The van der Waals surface area contributed by atoms with Gasteiger partial charge in [-0.1, -0.05) is 6.07 Å². The predicted octanol–water partition coefficient (Wildman–Crippen LogP) is 3.98. The molecule has 40 heavy (non-hydrogen) atoms. The van der Waals surface area contributed by atoms with Crippen LogP contribution in [0.5, 0.6) is 5.88 Å². The van der Waals surface area contributed by atoms with Crippen LogP contribution in [0, 0.1) is 23.3 Å². The molecule has 11 nitrogen and oxygen atoms in total. The van der Waals surface area contributed by atoms with Gasteiger partial charge in [0.1, 0.15) is 17.2 Å². The fourth-order valence-electron chi connectivity index (χ4n) is 3.93. The highest BCUT2D eigenvalue weighted by Gasteiger charge is 2.27. The van der Waals surface area contributed by atoms with Gasteiger partial charge in [-0.05, 0) is 18.2 Å². The lowest BCUT2D eigenvalue weighted by molar-refractivity contribution is 0.102. The number of rotatable bonds is 7. The summed E-state index contributed by atoms with van der Waals surface area (Å²) in [7, 11) is -1.95. The van der Waals surface area contributed by atoms with Gasteiger partial charge in [-0.15, -0.1) is 0 Å². The average Bonchev–Trinajstić information content (AvgIpc) is 3.53. The number of hydrogen-bond acceptors (Lipinski definition) is 7. The molecule has 0 radical (unpaired) electrons. The molecular weight excluding hydrogens is 558 g/mol. The number of carbonyl (C=O) groups excluding carboxylic acids is 1. The number of carbonyl (C=O) groups is 1. The zero-order valence-corrected chi connectivity index (χ0v) is 21.3. The smallest absolute Gasteiger partial charge is 0.276 e. The van der Waals surface area contributed by atoms with Gasteiger partial charge in [0, 0.05) is 30.3 Å². The number of aromatic amines is 1. The van der Waals surface area contributed by atoms with E-state index in [0.29, 0.717) is 11.8 Å². The van der Waals surface area contributed by atoms with E-state index >= 15 is 8.78 Å². The zero-order chi connectivity index (χ0) is 28.8. The first-order chi connectivity index (χ1) is 19.0. The summed E-state index contributed by atoms with van der Waals surface area (Å²) in [5.74, 6) is -6.00. The molecule has 206 valence electrons. The van der Waals surface area contributed by atoms with Gasteiger partial charge in [0.15, 0.2) is 22.2 Å². The maximum atomic E-state index is 15.5. The minimum absolute atomic E-state index is 0.0195. The Hall–Kier alpha value is -4.99. The van der Waals surface area contributed by atoms with Crippen LogP contribution in [0.2, 0.25) is 0 Å². The van der Waals surface area contributed by atoms with E-state index in [0.717, 1.165) is 31.5 Å². The summed E-state index contributed by atoms with van der Waals surface area (Å²) in [5, 5.41) is 12.7. The number of anilines is 2. The van der Waals surface area contributed by atoms with E-state index in [2.05, 4.69) is 25.6 Å². The molecule has 3 heterocycles. The number of halogens is 4. The van der Waals surface area contributed by atoms with Gasteiger partial charge < -0.3 is 10.1 Å². The highest BCUT2D eigenvalue weighted by atomic mass is 32.2. The van der Waals surface area contributed by atoms with Gasteiger partial charge in [-0.3, -0.25) is 19.3 Å². The van der Waals surface area contributed by atoms with Gasteiger partial charge in [0.05, 0.1) is 36.4 Å². The van der Waals surface area contributed by atoms with Crippen LogP contribution in [0.4, 0.5) is 28.9 Å². The minimum atomic E-state index is -4.69. The van der Waals surface area contributed by atoms with E-state index in [1.54, 1.807) is 7.05 Å². The van der Waals surface area contributed by atoms with Crippen LogP contribution < -0.4 is 14.8 Å². The van der Waals surface area contributed by atoms with Crippen LogP contribution in [0.15, 0.2) is 53.8 Å². The Labute approximate surface area is 222 Å². The largest absolute Gasteiger partial charge is 0.480 e. The Bertz CT molecular complexity index is 1910. The van der Waals surface area contributed by atoms with Crippen molar-refractivity contribution >= 4 is 38.2 Å². The summed E-state index contributed by atoms with van der Waals surface area (Å²) in [6.07, 6.45) is 3.63. The summed E-state index contributed by atoms with van der Waals surface area (Å²) in [6.45, 7) is 0. The number of H-pyrrole nitrogens is 1. The first-order valence-corrected chi connectivity index (χ1v) is 12.7. The van der Waals surface area contributed by atoms with E-state index in [9.17, 15) is 22.0 Å². The SMILES string of the molecule is COc1ncc(F)cc1S(=O)(=O)Nc1ccc(F)c(-c2ccc3c(C(=O)Nc4cnn(C)c4)n[nH]c3c2F)c1F. The van der Waals surface area contributed by atoms with Crippen molar-refractivity contribution in [2.45, 2.75) is 4.90 Å². The predicted molar refractivity (Wildman–Crippen MR) is 134 cm³/mol. The normalized spacial score (nSPS) is 11.6. The number of hydrogen-bond donors (Lipinski definition) is 3. The number of aromatic nitrogens is 5. The van der Waals surface area contributed by atoms with Crippen LogP contribution in [-0.2, 0) is 17.1 Å². The maximum Gasteiger partial charge on any atom is 0.276 e. The van der Waals surface area contributed by atoms with Crippen molar-refractivity contribution in [1.29, 1.82) is 0 Å². The van der Waals surface area contributed by atoms with Crippen LogP contribution in [-0.4, -0.2) is 46.4 Å². The standard InChI is InChI=1S/C24H17F4N7O4S/c1-35-10-12(9-30-35)31-23(36)22-14-4-3-13(19(27)21(14)32-33-22)18-15(26)5-6-16(20(18)28)34-40(37,38)17-7-11(25)8-29-24(17)39-2/h3-10,34H,1-2H3,(H,31,36)(H,32,33).